The quantitative estimate of drug-likeness (QED) is 0.639. The Labute approximate surface area is 165 Å². The molecule has 1 N–H and O–H groups in total. The van der Waals surface area contributed by atoms with E-state index in [-0.39, 0.29) is 11.4 Å². The molecule has 0 atom stereocenters. The first-order valence-electron chi connectivity index (χ1n) is 8.65. The third kappa shape index (κ3) is 5.75. The summed E-state index contributed by atoms with van der Waals surface area (Å²) in [5.41, 5.74) is 2.32. The molecule has 0 aliphatic carbocycles. The number of rotatable bonds is 9. The van der Waals surface area contributed by atoms with E-state index in [1.807, 2.05) is 13.8 Å². The van der Waals surface area contributed by atoms with Crippen LogP contribution in [0.1, 0.15) is 11.1 Å². The number of nitrogens with one attached hydrogen (secondary N) is 1. The van der Waals surface area contributed by atoms with Crippen LogP contribution in [0.5, 0.6) is 5.88 Å². The van der Waals surface area contributed by atoms with Crippen LogP contribution < -0.4 is 10.1 Å². The molecule has 0 radical (unpaired) electrons. The first kappa shape index (κ1) is 21.8. The van der Waals surface area contributed by atoms with Crippen LogP contribution in [0.3, 0.4) is 0 Å². The number of sulfonamides is 1. The fourth-order valence-corrected chi connectivity index (χ4v) is 3.52. The Morgan fingerprint density at radius 1 is 1.14 bits per heavy atom. The minimum Gasteiger partial charge on any atom is -0.475 e. The average Bonchev–Trinajstić information content (AvgIpc) is 2.65. The van der Waals surface area contributed by atoms with Gasteiger partial charge in [0.15, 0.2) is 0 Å². The number of anilines is 1. The molecule has 1 heterocycles. The monoisotopic (exact) mass is 407 g/mol. The largest absolute Gasteiger partial charge is 0.475 e. The zero-order valence-corrected chi connectivity index (χ0v) is 17.2. The third-order valence-corrected chi connectivity index (χ3v) is 5.91. The van der Waals surface area contributed by atoms with E-state index in [1.54, 1.807) is 31.4 Å². The maximum Gasteiger partial charge on any atom is 0.243 e. The Bertz CT molecular complexity index is 914. The van der Waals surface area contributed by atoms with Crippen molar-refractivity contribution in [2.24, 2.45) is 0 Å². The van der Waals surface area contributed by atoms with E-state index in [4.69, 9.17) is 9.47 Å². The minimum absolute atomic E-state index is 0.158. The van der Waals surface area contributed by atoms with Gasteiger partial charge in [-0.2, -0.15) is 4.31 Å². The summed E-state index contributed by atoms with van der Waals surface area (Å²) in [7, 11) is -0.814. The molecular formula is C19H25N3O5S. The van der Waals surface area contributed by atoms with Crippen LogP contribution in [0.2, 0.25) is 0 Å². The maximum atomic E-state index is 12.7. The molecule has 1 aromatic heterocycles. The zero-order chi connectivity index (χ0) is 20.7. The van der Waals surface area contributed by atoms with E-state index in [1.165, 1.54) is 19.3 Å². The number of nitrogens with zero attached hydrogens (tertiary/aromatic N) is 2. The normalized spacial score (nSPS) is 11.5. The molecular weight excluding hydrogens is 382 g/mol. The number of carbonyl (C=O) groups is 1. The summed E-state index contributed by atoms with van der Waals surface area (Å²) in [6.07, 6.45) is 1.44. The van der Waals surface area contributed by atoms with Gasteiger partial charge in [0, 0.05) is 20.2 Å². The molecule has 8 nitrogen and oxygen atoms in total. The van der Waals surface area contributed by atoms with Crippen LogP contribution in [-0.2, 0) is 19.6 Å². The van der Waals surface area contributed by atoms with E-state index < -0.39 is 15.9 Å². The molecule has 0 unspecified atom stereocenters. The highest BCUT2D eigenvalue weighted by molar-refractivity contribution is 7.89. The second kappa shape index (κ2) is 9.63. The predicted octanol–water partition coefficient (Wildman–Crippen LogP) is 1.98. The molecule has 0 saturated carbocycles. The van der Waals surface area contributed by atoms with Crippen LogP contribution >= 0.6 is 0 Å². The van der Waals surface area contributed by atoms with Crippen LogP contribution in [0.25, 0.3) is 0 Å². The topological polar surface area (TPSA) is 97.8 Å². The first-order valence-corrected chi connectivity index (χ1v) is 10.1. The number of aromatic nitrogens is 1. The van der Waals surface area contributed by atoms with Gasteiger partial charge in [-0.1, -0.05) is 6.07 Å². The second-order valence-corrected chi connectivity index (χ2v) is 8.33. The molecule has 0 aliphatic rings. The van der Waals surface area contributed by atoms with Crippen molar-refractivity contribution in [1.82, 2.24) is 9.29 Å². The van der Waals surface area contributed by atoms with Crippen molar-refractivity contribution in [1.29, 1.82) is 0 Å². The highest BCUT2D eigenvalue weighted by atomic mass is 32.2. The molecule has 152 valence electrons. The van der Waals surface area contributed by atoms with Gasteiger partial charge in [0.05, 0.1) is 29.9 Å². The van der Waals surface area contributed by atoms with Crippen molar-refractivity contribution < 1.29 is 22.7 Å². The lowest BCUT2D eigenvalue weighted by Gasteiger charge is -2.17. The van der Waals surface area contributed by atoms with Crippen molar-refractivity contribution in [3.63, 3.8) is 0 Å². The van der Waals surface area contributed by atoms with Gasteiger partial charge in [-0.25, -0.2) is 13.4 Å². The SMILES string of the molecule is COCCOc1ccc(NC(=O)CN(C)S(=O)(=O)c2ccc(C)c(C)c2)cn1. The average molecular weight is 407 g/mol. The molecule has 1 aromatic carbocycles. The van der Waals surface area contributed by atoms with Gasteiger partial charge >= 0.3 is 0 Å². The van der Waals surface area contributed by atoms with Gasteiger partial charge in [-0.3, -0.25) is 4.79 Å². The van der Waals surface area contributed by atoms with Gasteiger partial charge in [0.2, 0.25) is 21.8 Å². The number of aryl methyl sites for hydroxylation is 2. The lowest BCUT2D eigenvalue weighted by Crippen LogP contribution is -2.35. The van der Waals surface area contributed by atoms with E-state index >= 15 is 0 Å². The van der Waals surface area contributed by atoms with Crippen LogP contribution in [0.4, 0.5) is 5.69 Å². The number of hydrogen-bond acceptors (Lipinski definition) is 6. The number of benzene rings is 1. The summed E-state index contributed by atoms with van der Waals surface area (Å²) < 4.78 is 36.6. The van der Waals surface area contributed by atoms with Crippen molar-refractivity contribution in [2.75, 3.05) is 39.2 Å². The number of hydrogen-bond donors (Lipinski definition) is 1. The molecule has 9 heteroatoms. The maximum absolute atomic E-state index is 12.7. The summed E-state index contributed by atoms with van der Waals surface area (Å²) in [6, 6.07) is 8.13. The Balaban J connectivity index is 1.97. The third-order valence-electron chi connectivity index (χ3n) is 4.11. The Morgan fingerprint density at radius 2 is 1.89 bits per heavy atom. The summed E-state index contributed by atoms with van der Waals surface area (Å²) in [4.78, 5) is 16.5. The van der Waals surface area contributed by atoms with Gasteiger partial charge in [0.25, 0.3) is 0 Å². The molecule has 0 spiro atoms. The van der Waals surface area contributed by atoms with Gasteiger partial charge < -0.3 is 14.8 Å². The molecule has 0 bridgehead atoms. The lowest BCUT2D eigenvalue weighted by molar-refractivity contribution is -0.116. The fraction of sp³-hybridized carbons (Fsp3) is 0.368. The smallest absolute Gasteiger partial charge is 0.243 e. The Kier molecular flexibility index (Phi) is 7.50. The van der Waals surface area contributed by atoms with Gasteiger partial charge in [-0.15, -0.1) is 0 Å². The first-order chi connectivity index (χ1) is 13.2. The molecule has 0 aliphatic heterocycles. The number of pyridine rings is 1. The number of methoxy groups -OCH3 is 1. The zero-order valence-electron chi connectivity index (χ0n) is 16.4. The van der Waals surface area contributed by atoms with Crippen molar-refractivity contribution in [3.05, 3.63) is 47.7 Å². The number of ether oxygens (including phenoxy) is 2. The van der Waals surface area contributed by atoms with Gasteiger partial charge in [0.1, 0.15) is 6.61 Å². The predicted molar refractivity (Wildman–Crippen MR) is 106 cm³/mol. The van der Waals surface area contributed by atoms with E-state index in [9.17, 15) is 13.2 Å². The molecule has 0 fully saturated rings. The van der Waals surface area contributed by atoms with E-state index in [2.05, 4.69) is 10.3 Å². The second-order valence-electron chi connectivity index (χ2n) is 6.28. The van der Waals surface area contributed by atoms with Crippen LogP contribution in [0, 0.1) is 13.8 Å². The van der Waals surface area contributed by atoms with Gasteiger partial charge in [-0.05, 0) is 43.2 Å². The summed E-state index contributed by atoms with van der Waals surface area (Å²) in [5, 5.41) is 2.62. The summed E-state index contributed by atoms with van der Waals surface area (Å²) in [6.45, 7) is 4.25. The lowest BCUT2D eigenvalue weighted by atomic mass is 10.1. The molecule has 2 rings (SSSR count). The molecule has 28 heavy (non-hydrogen) atoms. The van der Waals surface area contributed by atoms with Crippen LogP contribution in [-0.4, -0.2) is 57.5 Å². The van der Waals surface area contributed by atoms with E-state index in [0.717, 1.165) is 15.4 Å². The molecule has 1 amide bonds. The number of carbonyl (C=O) groups excluding carboxylic acids is 1. The van der Waals surface area contributed by atoms with Crippen LogP contribution in [0.15, 0.2) is 41.4 Å². The highest BCUT2D eigenvalue weighted by Crippen LogP contribution is 2.18. The highest BCUT2D eigenvalue weighted by Gasteiger charge is 2.23. The minimum atomic E-state index is -3.76. The summed E-state index contributed by atoms with van der Waals surface area (Å²) in [5.74, 6) is -0.0609. The molecule has 2 aromatic rings. The standard InChI is InChI=1S/C19H25N3O5S/c1-14-5-7-17(11-15(14)2)28(24,25)22(3)13-18(23)21-16-6-8-19(20-12-16)27-10-9-26-4/h5-8,11-12H,9-10,13H2,1-4H3,(H,21,23). The summed E-state index contributed by atoms with van der Waals surface area (Å²) >= 11 is 0. The fourth-order valence-electron chi connectivity index (χ4n) is 2.31. The number of amides is 1. The Hall–Kier alpha value is -2.49. The Morgan fingerprint density at radius 3 is 2.50 bits per heavy atom. The van der Waals surface area contributed by atoms with E-state index in [0.29, 0.717) is 24.8 Å². The molecule has 0 saturated heterocycles. The van der Waals surface area contributed by atoms with Crippen molar-refractivity contribution in [3.8, 4) is 5.88 Å². The van der Waals surface area contributed by atoms with Crippen molar-refractivity contribution >= 4 is 21.6 Å². The van der Waals surface area contributed by atoms with Crippen molar-refractivity contribution in [2.45, 2.75) is 18.7 Å². The number of likely N-dealkylation sites (N-methyl/N-ethyl adjacent to an activating group) is 1.